The van der Waals surface area contributed by atoms with Crippen molar-refractivity contribution < 1.29 is 18.7 Å². The third kappa shape index (κ3) is 1.81. The van der Waals surface area contributed by atoms with E-state index < -0.39 is 0 Å². The number of carbonyl (C=O) groups is 1. The number of carbonyl (C=O) groups excluding carboxylic acids is 1. The van der Waals surface area contributed by atoms with E-state index in [9.17, 15) is 4.79 Å². The lowest BCUT2D eigenvalue weighted by molar-refractivity contribution is -0.131. The van der Waals surface area contributed by atoms with Crippen molar-refractivity contribution in [3.8, 4) is 11.5 Å². The molecule has 0 bridgehead atoms. The first kappa shape index (κ1) is 11.6. The molecule has 3 aromatic rings. The highest BCUT2D eigenvalue weighted by atomic mass is 16.5. The number of hydrogen-bond acceptors (Lipinski definition) is 4. The Balaban J connectivity index is 2.44. The highest BCUT2D eigenvalue weighted by Crippen LogP contribution is 2.39. The van der Waals surface area contributed by atoms with Crippen LogP contribution in [0.4, 0.5) is 0 Å². The van der Waals surface area contributed by atoms with Gasteiger partial charge in [0.05, 0.1) is 18.8 Å². The first-order chi connectivity index (χ1) is 9.20. The Morgan fingerprint density at radius 3 is 2.74 bits per heavy atom. The molecule has 3 rings (SSSR count). The highest BCUT2D eigenvalue weighted by Gasteiger charge is 2.15. The number of methoxy groups -OCH3 is 1. The smallest absolute Gasteiger partial charge is 0.308 e. The molecule has 0 radical (unpaired) electrons. The summed E-state index contributed by atoms with van der Waals surface area (Å²) in [6, 6.07) is 9.28. The Kier molecular flexibility index (Phi) is 2.63. The molecule has 0 aliphatic carbocycles. The van der Waals surface area contributed by atoms with Gasteiger partial charge in [0.15, 0.2) is 0 Å². The molecular formula is C15H12O4. The lowest BCUT2D eigenvalue weighted by Crippen LogP contribution is -2.02. The Morgan fingerprint density at radius 2 is 2.00 bits per heavy atom. The van der Waals surface area contributed by atoms with Gasteiger partial charge in [0.25, 0.3) is 0 Å². The Hall–Kier alpha value is -2.49. The molecule has 0 N–H and O–H groups in total. The first-order valence-corrected chi connectivity index (χ1v) is 5.86. The number of fused-ring (bicyclic) bond motifs is 2. The quantitative estimate of drug-likeness (QED) is 0.520. The van der Waals surface area contributed by atoms with Crippen molar-refractivity contribution in [2.45, 2.75) is 6.92 Å². The monoisotopic (exact) mass is 256 g/mol. The predicted octanol–water partition coefficient (Wildman–Crippen LogP) is 3.52. The second kappa shape index (κ2) is 4.31. The average Bonchev–Trinajstić information content (AvgIpc) is 2.85. The van der Waals surface area contributed by atoms with Gasteiger partial charge < -0.3 is 13.9 Å². The second-order valence-corrected chi connectivity index (χ2v) is 4.19. The van der Waals surface area contributed by atoms with Crippen molar-refractivity contribution in [2.24, 2.45) is 0 Å². The molecule has 96 valence electrons. The SMILES string of the molecule is COc1cccc2c(OC(C)=O)c3ccoc3cc12. The Morgan fingerprint density at radius 1 is 1.16 bits per heavy atom. The molecule has 0 saturated heterocycles. The van der Waals surface area contributed by atoms with E-state index in [1.165, 1.54) is 6.92 Å². The van der Waals surface area contributed by atoms with E-state index in [4.69, 9.17) is 13.9 Å². The lowest BCUT2D eigenvalue weighted by atomic mass is 10.1. The van der Waals surface area contributed by atoms with Gasteiger partial charge in [-0.25, -0.2) is 0 Å². The van der Waals surface area contributed by atoms with Crippen molar-refractivity contribution in [1.82, 2.24) is 0 Å². The number of furan rings is 1. The maximum Gasteiger partial charge on any atom is 0.308 e. The Labute approximate surface area is 109 Å². The van der Waals surface area contributed by atoms with Crippen LogP contribution in [-0.4, -0.2) is 13.1 Å². The number of ether oxygens (including phenoxy) is 2. The standard InChI is InChI=1S/C15H12O4/c1-9(16)19-15-10-4-3-5-13(17-2)12(10)8-14-11(15)6-7-18-14/h3-8H,1-2H3. The first-order valence-electron chi connectivity index (χ1n) is 5.86. The van der Waals surface area contributed by atoms with Crippen LogP contribution in [0.2, 0.25) is 0 Å². The topological polar surface area (TPSA) is 48.7 Å². The van der Waals surface area contributed by atoms with Gasteiger partial charge in [-0.3, -0.25) is 4.79 Å². The summed E-state index contributed by atoms with van der Waals surface area (Å²) in [5.41, 5.74) is 0.660. The van der Waals surface area contributed by atoms with Crippen LogP contribution in [-0.2, 0) is 4.79 Å². The zero-order chi connectivity index (χ0) is 13.4. The van der Waals surface area contributed by atoms with Crippen molar-refractivity contribution in [3.63, 3.8) is 0 Å². The summed E-state index contributed by atoms with van der Waals surface area (Å²) in [6.45, 7) is 1.38. The van der Waals surface area contributed by atoms with E-state index in [-0.39, 0.29) is 5.97 Å². The third-order valence-corrected chi connectivity index (χ3v) is 2.99. The molecule has 2 aromatic carbocycles. The molecule has 0 aliphatic rings. The van der Waals surface area contributed by atoms with E-state index in [1.54, 1.807) is 19.4 Å². The molecule has 4 heteroatoms. The molecule has 0 spiro atoms. The van der Waals surface area contributed by atoms with Crippen LogP contribution >= 0.6 is 0 Å². The van der Waals surface area contributed by atoms with Gasteiger partial charge in [0.1, 0.15) is 17.1 Å². The fraction of sp³-hybridized carbons (Fsp3) is 0.133. The van der Waals surface area contributed by atoms with Crippen molar-refractivity contribution >= 4 is 27.7 Å². The summed E-state index contributed by atoms with van der Waals surface area (Å²) >= 11 is 0. The average molecular weight is 256 g/mol. The largest absolute Gasteiger partial charge is 0.496 e. The van der Waals surface area contributed by atoms with Gasteiger partial charge in [-0.2, -0.15) is 0 Å². The number of esters is 1. The van der Waals surface area contributed by atoms with E-state index in [1.807, 2.05) is 24.3 Å². The van der Waals surface area contributed by atoms with Gasteiger partial charge in [-0.1, -0.05) is 12.1 Å². The van der Waals surface area contributed by atoms with Crippen LogP contribution in [0.15, 0.2) is 41.0 Å². The Bertz CT molecular complexity index is 770. The molecule has 4 nitrogen and oxygen atoms in total. The van der Waals surface area contributed by atoms with Gasteiger partial charge in [0, 0.05) is 17.7 Å². The molecule has 0 saturated carbocycles. The number of benzene rings is 2. The summed E-state index contributed by atoms with van der Waals surface area (Å²) < 4.78 is 16.1. The summed E-state index contributed by atoms with van der Waals surface area (Å²) in [5.74, 6) is 0.856. The molecule has 0 unspecified atom stereocenters. The zero-order valence-electron chi connectivity index (χ0n) is 10.6. The number of hydrogen-bond donors (Lipinski definition) is 0. The molecule has 0 fully saturated rings. The molecule has 0 atom stereocenters. The normalized spacial score (nSPS) is 10.8. The predicted molar refractivity (Wildman–Crippen MR) is 71.6 cm³/mol. The molecule has 19 heavy (non-hydrogen) atoms. The summed E-state index contributed by atoms with van der Waals surface area (Å²) in [6.07, 6.45) is 1.57. The number of rotatable bonds is 2. The van der Waals surface area contributed by atoms with Gasteiger partial charge in [-0.15, -0.1) is 0 Å². The van der Waals surface area contributed by atoms with E-state index in [0.29, 0.717) is 17.1 Å². The molecule has 1 heterocycles. The highest BCUT2D eigenvalue weighted by molar-refractivity contribution is 6.06. The minimum atomic E-state index is -0.363. The maximum atomic E-state index is 11.3. The van der Waals surface area contributed by atoms with Crippen LogP contribution in [0.1, 0.15) is 6.92 Å². The lowest BCUT2D eigenvalue weighted by Gasteiger charge is -2.10. The van der Waals surface area contributed by atoms with Crippen molar-refractivity contribution in [3.05, 3.63) is 36.6 Å². The molecule has 0 amide bonds. The second-order valence-electron chi connectivity index (χ2n) is 4.19. The minimum absolute atomic E-state index is 0.363. The van der Waals surface area contributed by atoms with Crippen molar-refractivity contribution in [2.75, 3.05) is 7.11 Å². The molecular weight excluding hydrogens is 244 g/mol. The van der Waals surface area contributed by atoms with Gasteiger partial charge >= 0.3 is 5.97 Å². The molecule has 1 aromatic heterocycles. The van der Waals surface area contributed by atoms with Crippen molar-refractivity contribution in [1.29, 1.82) is 0 Å². The van der Waals surface area contributed by atoms with E-state index >= 15 is 0 Å². The maximum absolute atomic E-state index is 11.3. The van der Waals surface area contributed by atoms with Crippen LogP contribution in [0.5, 0.6) is 11.5 Å². The van der Waals surface area contributed by atoms with Gasteiger partial charge in [0.2, 0.25) is 0 Å². The minimum Gasteiger partial charge on any atom is -0.496 e. The fourth-order valence-electron chi connectivity index (χ4n) is 2.22. The zero-order valence-corrected chi connectivity index (χ0v) is 10.6. The van der Waals surface area contributed by atoms with Gasteiger partial charge in [-0.05, 0) is 18.2 Å². The molecule has 0 aliphatic heterocycles. The third-order valence-electron chi connectivity index (χ3n) is 2.99. The summed E-state index contributed by atoms with van der Waals surface area (Å²) in [4.78, 5) is 11.3. The van der Waals surface area contributed by atoms with E-state index in [0.717, 1.165) is 16.2 Å². The van der Waals surface area contributed by atoms with Crippen LogP contribution in [0.25, 0.3) is 21.7 Å². The van der Waals surface area contributed by atoms with Crippen LogP contribution in [0, 0.1) is 0 Å². The summed E-state index contributed by atoms with van der Waals surface area (Å²) in [5, 5.41) is 2.45. The summed E-state index contributed by atoms with van der Waals surface area (Å²) in [7, 11) is 1.60. The van der Waals surface area contributed by atoms with Crippen LogP contribution < -0.4 is 9.47 Å². The van der Waals surface area contributed by atoms with E-state index in [2.05, 4.69) is 0 Å². The fourth-order valence-corrected chi connectivity index (χ4v) is 2.22. The van der Waals surface area contributed by atoms with Crippen LogP contribution in [0.3, 0.4) is 0 Å².